The lowest BCUT2D eigenvalue weighted by molar-refractivity contribution is -0.147. The Morgan fingerprint density at radius 3 is 2.92 bits per heavy atom. The van der Waals surface area contributed by atoms with Crippen LogP contribution >= 0.6 is 0 Å². The Labute approximate surface area is 151 Å². The molecule has 1 saturated heterocycles. The second-order valence-electron chi connectivity index (χ2n) is 6.05. The molecule has 7 heteroatoms. The molecular weight excluding hydrogens is 336 g/mol. The fraction of sp³-hybridized carbons (Fsp3) is 0.316. The van der Waals surface area contributed by atoms with Crippen LogP contribution in [0.15, 0.2) is 42.6 Å². The van der Waals surface area contributed by atoms with E-state index in [4.69, 9.17) is 9.47 Å². The van der Waals surface area contributed by atoms with Gasteiger partial charge in [-0.05, 0) is 36.8 Å². The van der Waals surface area contributed by atoms with Gasteiger partial charge in [0.25, 0.3) is 5.91 Å². The second kappa shape index (κ2) is 7.97. The highest BCUT2D eigenvalue weighted by molar-refractivity contribution is 5.96. The lowest BCUT2D eigenvalue weighted by atomic mass is 10.1. The molecule has 1 N–H and O–H groups in total. The first-order valence-corrected chi connectivity index (χ1v) is 8.30. The lowest BCUT2D eigenvalue weighted by Gasteiger charge is -2.32. The average Bonchev–Trinajstić information content (AvgIpc) is 2.67. The summed E-state index contributed by atoms with van der Waals surface area (Å²) in [5.74, 6) is -0.740. The summed E-state index contributed by atoms with van der Waals surface area (Å²) in [6.07, 6.45) is 1.65. The van der Waals surface area contributed by atoms with Gasteiger partial charge in [0.15, 0.2) is 6.04 Å². The van der Waals surface area contributed by atoms with E-state index < -0.39 is 12.0 Å². The quantitative estimate of drug-likeness (QED) is 0.880. The summed E-state index contributed by atoms with van der Waals surface area (Å²) in [5, 5.41) is 9.29. The zero-order chi connectivity index (χ0) is 18.5. The third-order valence-electron chi connectivity index (χ3n) is 4.14. The van der Waals surface area contributed by atoms with Crippen LogP contribution in [0.3, 0.4) is 0 Å². The molecule has 0 bridgehead atoms. The van der Waals surface area contributed by atoms with E-state index in [9.17, 15) is 14.7 Å². The number of carbonyl (C=O) groups is 2. The summed E-state index contributed by atoms with van der Waals surface area (Å²) in [4.78, 5) is 29.6. The Kier molecular flexibility index (Phi) is 5.48. The number of benzene rings is 1. The molecule has 0 spiro atoms. The zero-order valence-electron chi connectivity index (χ0n) is 14.4. The number of aromatic nitrogens is 1. The minimum absolute atomic E-state index is 0.00426. The number of carboxylic acids is 1. The highest BCUT2D eigenvalue weighted by Crippen LogP contribution is 2.16. The third-order valence-corrected chi connectivity index (χ3v) is 4.14. The van der Waals surface area contributed by atoms with Crippen molar-refractivity contribution in [1.82, 2.24) is 9.88 Å². The van der Waals surface area contributed by atoms with Crippen LogP contribution in [0.5, 0.6) is 5.75 Å². The van der Waals surface area contributed by atoms with E-state index in [2.05, 4.69) is 4.98 Å². The smallest absolute Gasteiger partial charge is 0.328 e. The molecule has 136 valence electrons. The first kappa shape index (κ1) is 17.9. The van der Waals surface area contributed by atoms with E-state index >= 15 is 0 Å². The van der Waals surface area contributed by atoms with Crippen LogP contribution in [0, 0.1) is 6.92 Å². The predicted molar refractivity (Wildman–Crippen MR) is 93.0 cm³/mol. The number of hydrogen-bond donors (Lipinski definition) is 1. The van der Waals surface area contributed by atoms with Crippen LogP contribution < -0.4 is 4.74 Å². The summed E-state index contributed by atoms with van der Waals surface area (Å²) < 4.78 is 10.9. The van der Waals surface area contributed by atoms with Crippen molar-refractivity contribution < 1.29 is 24.2 Å². The summed E-state index contributed by atoms with van der Waals surface area (Å²) in [6, 6.07) is 9.74. The van der Waals surface area contributed by atoms with E-state index in [-0.39, 0.29) is 25.7 Å². The van der Waals surface area contributed by atoms with Crippen molar-refractivity contribution in [3.63, 3.8) is 0 Å². The largest absolute Gasteiger partial charge is 0.487 e. The van der Waals surface area contributed by atoms with Crippen molar-refractivity contribution in [1.29, 1.82) is 0 Å². The van der Waals surface area contributed by atoms with Gasteiger partial charge >= 0.3 is 5.97 Å². The molecular formula is C19H20N2O5. The molecule has 1 aromatic heterocycles. The van der Waals surface area contributed by atoms with Crippen LogP contribution in [-0.4, -0.2) is 52.7 Å². The Bertz CT molecular complexity index is 791. The second-order valence-corrected chi connectivity index (χ2v) is 6.05. The number of aryl methyl sites for hydroxylation is 1. The molecule has 1 fully saturated rings. The van der Waals surface area contributed by atoms with Crippen molar-refractivity contribution in [2.75, 3.05) is 19.8 Å². The SMILES string of the molecule is Cc1ccc(OCc2cccc(C(=O)N3CCOCC3C(=O)O)c2)cn1. The van der Waals surface area contributed by atoms with Crippen molar-refractivity contribution in [2.24, 2.45) is 0 Å². The Hall–Kier alpha value is -2.93. The third kappa shape index (κ3) is 4.18. The molecule has 26 heavy (non-hydrogen) atoms. The molecule has 1 unspecified atom stereocenters. The van der Waals surface area contributed by atoms with Crippen molar-refractivity contribution >= 4 is 11.9 Å². The number of aliphatic carboxylic acids is 1. The van der Waals surface area contributed by atoms with Crippen molar-refractivity contribution in [3.8, 4) is 5.75 Å². The van der Waals surface area contributed by atoms with E-state index in [1.807, 2.05) is 25.1 Å². The summed E-state index contributed by atoms with van der Waals surface area (Å²) in [6.45, 7) is 2.78. The van der Waals surface area contributed by atoms with Gasteiger partial charge in [-0.2, -0.15) is 0 Å². The molecule has 0 saturated carbocycles. The Morgan fingerprint density at radius 2 is 2.19 bits per heavy atom. The first-order chi connectivity index (χ1) is 12.5. The van der Waals surface area contributed by atoms with Crippen LogP contribution in [0.25, 0.3) is 0 Å². The van der Waals surface area contributed by atoms with Crippen molar-refractivity contribution in [3.05, 3.63) is 59.4 Å². The minimum atomic E-state index is -1.07. The maximum atomic E-state index is 12.7. The molecule has 1 aliphatic heterocycles. The molecule has 3 rings (SSSR count). The number of amides is 1. The minimum Gasteiger partial charge on any atom is -0.487 e. The summed E-state index contributed by atoms with van der Waals surface area (Å²) >= 11 is 0. The van der Waals surface area contributed by atoms with E-state index in [0.29, 0.717) is 17.9 Å². The van der Waals surface area contributed by atoms with Crippen LogP contribution in [0.4, 0.5) is 0 Å². The molecule has 0 aliphatic carbocycles. The standard InChI is InChI=1S/C19H20N2O5/c1-13-5-6-16(10-20-13)26-11-14-3-2-4-15(9-14)18(22)21-7-8-25-12-17(21)19(23)24/h2-6,9-10,17H,7-8,11-12H2,1H3,(H,23,24). The van der Waals surface area contributed by atoms with Gasteiger partial charge < -0.3 is 19.5 Å². The van der Waals surface area contributed by atoms with Gasteiger partial charge in [0, 0.05) is 17.8 Å². The van der Waals surface area contributed by atoms with Gasteiger partial charge in [-0.15, -0.1) is 0 Å². The highest BCUT2D eigenvalue weighted by atomic mass is 16.5. The summed E-state index contributed by atoms with van der Waals surface area (Å²) in [5.41, 5.74) is 2.15. The van der Waals surface area contributed by atoms with E-state index in [1.54, 1.807) is 24.4 Å². The van der Waals surface area contributed by atoms with Gasteiger partial charge in [-0.25, -0.2) is 4.79 Å². The number of nitrogens with zero attached hydrogens (tertiary/aromatic N) is 2. The maximum Gasteiger partial charge on any atom is 0.328 e. The molecule has 2 heterocycles. The maximum absolute atomic E-state index is 12.7. The monoisotopic (exact) mass is 356 g/mol. The van der Waals surface area contributed by atoms with Crippen LogP contribution in [0.1, 0.15) is 21.6 Å². The number of rotatable bonds is 5. The number of pyridine rings is 1. The van der Waals surface area contributed by atoms with Gasteiger partial charge in [0.1, 0.15) is 12.4 Å². The Morgan fingerprint density at radius 1 is 1.35 bits per heavy atom. The molecule has 7 nitrogen and oxygen atoms in total. The zero-order valence-corrected chi connectivity index (χ0v) is 14.4. The predicted octanol–water partition coefficient (Wildman–Crippen LogP) is 1.89. The number of morpholine rings is 1. The van der Waals surface area contributed by atoms with Gasteiger partial charge in [0.05, 0.1) is 19.4 Å². The molecule has 0 radical (unpaired) electrons. The van der Waals surface area contributed by atoms with Gasteiger partial charge in [-0.3, -0.25) is 9.78 Å². The molecule has 1 atom stereocenters. The normalized spacial score (nSPS) is 17.0. The average molecular weight is 356 g/mol. The molecule has 1 aromatic carbocycles. The topological polar surface area (TPSA) is 89.0 Å². The van der Waals surface area contributed by atoms with E-state index in [0.717, 1.165) is 11.3 Å². The lowest BCUT2D eigenvalue weighted by Crippen LogP contribution is -2.52. The van der Waals surface area contributed by atoms with E-state index in [1.165, 1.54) is 4.90 Å². The number of carbonyl (C=O) groups excluding carboxylic acids is 1. The number of ether oxygens (including phenoxy) is 2. The van der Waals surface area contributed by atoms with Crippen molar-refractivity contribution in [2.45, 2.75) is 19.6 Å². The Balaban J connectivity index is 1.70. The number of carboxylic acid groups (broad SMARTS) is 1. The van der Waals surface area contributed by atoms with Gasteiger partial charge in [0.2, 0.25) is 0 Å². The summed E-state index contributed by atoms with van der Waals surface area (Å²) in [7, 11) is 0. The molecule has 1 aliphatic rings. The number of hydrogen-bond acceptors (Lipinski definition) is 5. The first-order valence-electron chi connectivity index (χ1n) is 8.30. The highest BCUT2D eigenvalue weighted by Gasteiger charge is 2.33. The molecule has 2 aromatic rings. The van der Waals surface area contributed by atoms with Crippen LogP contribution in [0.2, 0.25) is 0 Å². The molecule has 1 amide bonds. The fourth-order valence-electron chi connectivity index (χ4n) is 2.72. The van der Waals surface area contributed by atoms with Gasteiger partial charge in [-0.1, -0.05) is 12.1 Å². The fourth-order valence-corrected chi connectivity index (χ4v) is 2.72. The van der Waals surface area contributed by atoms with Crippen LogP contribution in [-0.2, 0) is 16.1 Å².